The molecule has 0 radical (unpaired) electrons. The number of carboxylic acid groups (broad SMARTS) is 1. The number of nitrogens with one attached hydrogen (secondary N) is 3. The van der Waals surface area contributed by atoms with Gasteiger partial charge in [0, 0.05) is 54.0 Å². The molecule has 264 valence electrons. The molecule has 5 aromatic rings. The number of amides is 1. The average Bonchev–Trinajstić information content (AvgIpc) is 3.56. The number of rotatable bonds is 11. The summed E-state index contributed by atoms with van der Waals surface area (Å²) in [6.07, 6.45) is -3.31. The van der Waals surface area contributed by atoms with Gasteiger partial charge in [0.1, 0.15) is 12.4 Å². The fourth-order valence-corrected chi connectivity index (χ4v) is 4.92. The summed E-state index contributed by atoms with van der Waals surface area (Å²) in [4.78, 5) is 33.6. The summed E-state index contributed by atoms with van der Waals surface area (Å²) < 4.78 is 53.9. The maximum atomic E-state index is 12.8. The van der Waals surface area contributed by atoms with Gasteiger partial charge in [0.2, 0.25) is 5.91 Å². The summed E-state index contributed by atoms with van der Waals surface area (Å²) in [5.41, 5.74) is 3.85. The minimum absolute atomic E-state index is 0.0822. The van der Waals surface area contributed by atoms with E-state index in [-0.39, 0.29) is 5.91 Å². The zero-order valence-electron chi connectivity index (χ0n) is 27.0. The van der Waals surface area contributed by atoms with Crippen LogP contribution in [0.4, 0.5) is 30.4 Å². The van der Waals surface area contributed by atoms with Gasteiger partial charge in [0.15, 0.2) is 17.3 Å². The third-order valence-electron chi connectivity index (χ3n) is 7.35. The summed E-state index contributed by atoms with van der Waals surface area (Å²) in [7, 11) is 3.22. The molecule has 1 aliphatic heterocycles. The first kappa shape index (κ1) is 35.8. The van der Waals surface area contributed by atoms with Crippen LogP contribution in [0.2, 0.25) is 0 Å². The Bertz CT molecular complexity index is 1950. The molecule has 4 N–H and O–H groups in total. The Morgan fingerprint density at radius 2 is 1.78 bits per heavy atom. The van der Waals surface area contributed by atoms with E-state index in [0.717, 1.165) is 40.6 Å². The number of halogens is 3. The topological polar surface area (TPSA) is 173 Å². The van der Waals surface area contributed by atoms with Crippen molar-refractivity contribution in [2.75, 3.05) is 70.9 Å². The molecule has 1 aliphatic rings. The Kier molecular flexibility index (Phi) is 11.6. The van der Waals surface area contributed by atoms with Crippen molar-refractivity contribution in [3.8, 4) is 22.9 Å². The number of aromatic amines is 1. The highest BCUT2D eigenvalue weighted by Gasteiger charge is 2.38. The Hall–Kier alpha value is -5.52. The normalized spacial score (nSPS) is 13.4. The fourth-order valence-electron chi connectivity index (χ4n) is 4.92. The molecule has 0 bridgehead atoms. The molecule has 2 aromatic heterocycles. The van der Waals surface area contributed by atoms with Gasteiger partial charge in [-0.1, -0.05) is 12.1 Å². The zero-order valence-corrected chi connectivity index (χ0v) is 27.0. The maximum Gasteiger partial charge on any atom is 0.490 e. The van der Waals surface area contributed by atoms with E-state index in [0.29, 0.717) is 67.3 Å². The van der Waals surface area contributed by atoms with E-state index in [1.807, 2.05) is 54.6 Å². The highest BCUT2D eigenvalue weighted by molar-refractivity contribution is 5.96. The summed E-state index contributed by atoms with van der Waals surface area (Å²) >= 11 is 0. The van der Waals surface area contributed by atoms with E-state index >= 15 is 0 Å². The Morgan fingerprint density at radius 1 is 1.00 bits per heavy atom. The predicted molar refractivity (Wildman–Crippen MR) is 178 cm³/mol. The Balaban J connectivity index is 0.000000630. The van der Waals surface area contributed by atoms with Gasteiger partial charge in [-0.05, 0) is 36.4 Å². The van der Waals surface area contributed by atoms with E-state index in [1.54, 1.807) is 20.4 Å². The summed E-state index contributed by atoms with van der Waals surface area (Å²) in [5, 5.41) is 22.4. The SMILES string of the molecule is COCCOc1cc2c(Nc3ccc4[nH]ncc4c3)nc(-c3cccc(NC(=O)CN4CCOCC4)c3)nc2cc1OC.O=C(O)C(F)(F)F. The number of morpholine rings is 1. The third-order valence-corrected chi connectivity index (χ3v) is 7.35. The van der Waals surface area contributed by atoms with E-state index in [4.69, 9.17) is 38.8 Å². The van der Waals surface area contributed by atoms with Crippen LogP contribution in [0, 0.1) is 0 Å². The molecular formula is C33H34F3N7O7. The van der Waals surface area contributed by atoms with Gasteiger partial charge in [-0.15, -0.1) is 0 Å². The highest BCUT2D eigenvalue weighted by Crippen LogP contribution is 2.37. The number of H-pyrrole nitrogens is 1. The summed E-state index contributed by atoms with van der Waals surface area (Å²) in [5.74, 6) is -0.666. The number of carbonyl (C=O) groups excluding carboxylic acids is 1. The molecule has 0 spiro atoms. The average molecular weight is 698 g/mol. The maximum absolute atomic E-state index is 12.8. The predicted octanol–water partition coefficient (Wildman–Crippen LogP) is 4.85. The second-order valence-corrected chi connectivity index (χ2v) is 10.9. The van der Waals surface area contributed by atoms with Crippen molar-refractivity contribution in [3.05, 3.63) is 60.8 Å². The first-order chi connectivity index (χ1) is 24.0. The Morgan fingerprint density at radius 3 is 2.50 bits per heavy atom. The molecule has 1 saturated heterocycles. The van der Waals surface area contributed by atoms with Crippen LogP contribution in [0.15, 0.2) is 60.8 Å². The minimum atomic E-state index is -5.08. The molecule has 0 atom stereocenters. The number of aromatic nitrogens is 4. The van der Waals surface area contributed by atoms with Crippen LogP contribution < -0.4 is 20.1 Å². The van der Waals surface area contributed by atoms with Crippen molar-refractivity contribution in [3.63, 3.8) is 0 Å². The molecule has 1 amide bonds. The number of fused-ring (bicyclic) bond motifs is 2. The standard InChI is InChI=1S/C31H33N7O5.C2HF3O2/c1-40-12-13-43-28-16-24-26(17-27(28)41-2)35-30(36-31(24)34-23-6-7-25-21(15-23)18-32-37-25)20-4-3-5-22(14-20)33-29(39)19-38-8-10-42-11-9-38;3-2(4,5)1(6)7/h3-7,14-18H,8-13,19H2,1-2H3,(H,32,37)(H,33,39)(H,34,35,36);(H,6,7). The van der Waals surface area contributed by atoms with Crippen molar-refractivity contribution in [2.24, 2.45) is 0 Å². The van der Waals surface area contributed by atoms with Gasteiger partial charge < -0.3 is 34.7 Å². The van der Waals surface area contributed by atoms with Gasteiger partial charge in [0.25, 0.3) is 0 Å². The van der Waals surface area contributed by atoms with Crippen LogP contribution in [0.1, 0.15) is 0 Å². The van der Waals surface area contributed by atoms with Crippen LogP contribution in [-0.4, -0.2) is 109 Å². The van der Waals surface area contributed by atoms with E-state index in [2.05, 4.69) is 25.7 Å². The van der Waals surface area contributed by atoms with Crippen molar-refractivity contribution in [2.45, 2.75) is 6.18 Å². The van der Waals surface area contributed by atoms with Crippen molar-refractivity contribution < 1.29 is 46.8 Å². The molecule has 17 heteroatoms. The lowest BCUT2D eigenvalue weighted by Crippen LogP contribution is -2.41. The van der Waals surface area contributed by atoms with Gasteiger partial charge in [0.05, 0.1) is 50.7 Å². The minimum Gasteiger partial charge on any atom is -0.493 e. The van der Waals surface area contributed by atoms with E-state index in [9.17, 15) is 18.0 Å². The van der Waals surface area contributed by atoms with Crippen molar-refractivity contribution in [1.82, 2.24) is 25.1 Å². The number of anilines is 3. The second-order valence-electron chi connectivity index (χ2n) is 10.9. The molecule has 3 aromatic carbocycles. The number of hydrogen-bond donors (Lipinski definition) is 4. The first-order valence-corrected chi connectivity index (χ1v) is 15.3. The number of alkyl halides is 3. The monoisotopic (exact) mass is 697 g/mol. The molecule has 0 unspecified atom stereocenters. The molecule has 6 rings (SSSR count). The molecule has 0 aliphatic carbocycles. The Labute approximate surface area is 283 Å². The van der Waals surface area contributed by atoms with Gasteiger partial charge in [-0.25, -0.2) is 14.8 Å². The van der Waals surface area contributed by atoms with Gasteiger partial charge in [-0.3, -0.25) is 14.8 Å². The lowest BCUT2D eigenvalue weighted by atomic mass is 10.1. The van der Waals surface area contributed by atoms with Gasteiger partial charge in [-0.2, -0.15) is 18.3 Å². The van der Waals surface area contributed by atoms with Crippen molar-refractivity contribution in [1.29, 1.82) is 0 Å². The number of nitrogens with zero attached hydrogens (tertiary/aromatic N) is 4. The van der Waals surface area contributed by atoms with Crippen LogP contribution in [0.3, 0.4) is 0 Å². The number of ether oxygens (including phenoxy) is 4. The highest BCUT2D eigenvalue weighted by atomic mass is 19.4. The molecule has 3 heterocycles. The zero-order chi connectivity index (χ0) is 35.7. The molecule has 1 fully saturated rings. The molecule has 14 nitrogen and oxygen atoms in total. The molecular weight excluding hydrogens is 663 g/mol. The fraction of sp³-hybridized carbons (Fsp3) is 0.303. The number of hydrogen-bond acceptors (Lipinski definition) is 11. The van der Waals surface area contributed by atoms with Gasteiger partial charge >= 0.3 is 12.1 Å². The van der Waals surface area contributed by atoms with Crippen LogP contribution in [-0.2, 0) is 19.1 Å². The lowest BCUT2D eigenvalue weighted by Gasteiger charge is -2.25. The summed E-state index contributed by atoms with van der Waals surface area (Å²) in [6, 6.07) is 17.1. The molecule has 0 saturated carbocycles. The van der Waals surface area contributed by atoms with Crippen LogP contribution >= 0.6 is 0 Å². The smallest absolute Gasteiger partial charge is 0.490 e. The number of carboxylic acids is 1. The number of methoxy groups -OCH3 is 2. The quantitative estimate of drug-likeness (QED) is 0.138. The lowest BCUT2D eigenvalue weighted by molar-refractivity contribution is -0.192. The van der Waals surface area contributed by atoms with E-state index in [1.165, 1.54) is 0 Å². The van der Waals surface area contributed by atoms with Crippen LogP contribution in [0.25, 0.3) is 33.2 Å². The van der Waals surface area contributed by atoms with E-state index < -0.39 is 12.1 Å². The van der Waals surface area contributed by atoms with Crippen molar-refractivity contribution >= 4 is 50.9 Å². The third kappa shape index (κ3) is 9.34. The summed E-state index contributed by atoms with van der Waals surface area (Å²) in [6.45, 7) is 3.87. The first-order valence-electron chi connectivity index (χ1n) is 15.3. The number of aliphatic carboxylic acids is 1. The number of benzene rings is 3. The second kappa shape index (κ2) is 16.3. The van der Waals surface area contributed by atoms with Crippen LogP contribution in [0.5, 0.6) is 11.5 Å². The number of carbonyl (C=O) groups is 2. The molecule has 50 heavy (non-hydrogen) atoms. The largest absolute Gasteiger partial charge is 0.493 e.